The SMILES string of the molecule is CCC1CCC(N(C)c2nc(C)cc(C)c2C#N)CC1. The van der Waals surface area contributed by atoms with Gasteiger partial charge in [-0.3, -0.25) is 0 Å². The highest BCUT2D eigenvalue weighted by Crippen LogP contribution is 2.32. The highest BCUT2D eigenvalue weighted by atomic mass is 15.2. The van der Waals surface area contributed by atoms with Crippen LogP contribution >= 0.6 is 0 Å². The highest BCUT2D eigenvalue weighted by molar-refractivity contribution is 5.58. The largest absolute Gasteiger partial charge is 0.356 e. The molecule has 20 heavy (non-hydrogen) atoms. The quantitative estimate of drug-likeness (QED) is 0.835. The number of hydrogen-bond acceptors (Lipinski definition) is 3. The lowest BCUT2D eigenvalue weighted by atomic mass is 9.84. The van der Waals surface area contributed by atoms with E-state index in [4.69, 9.17) is 0 Å². The number of aryl methyl sites for hydroxylation is 2. The Kier molecular flexibility index (Phi) is 4.65. The second-order valence-electron chi connectivity index (χ2n) is 6.08. The zero-order valence-electron chi connectivity index (χ0n) is 13.1. The Labute approximate surface area is 122 Å². The molecule has 0 unspecified atom stereocenters. The zero-order chi connectivity index (χ0) is 14.7. The molecule has 0 saturated heterocycles. The molecule has 2 rings (SSSR count). The van der Waals surface area contributed by atoms with Crippen LogP contribution in [0.1, 0.15) is 55.8 Å². The van der Waals surface area contributed by atoms with Crippen LogP contribution in [0.15, 0.2) is 6.07 Å². The summed E-state index contributed by atoms with van der Waals surface area (Å²) >= 11 is 0. The van der Waals surface area contributed by atoms with Crippen LogP contribution in [0.3, 0.4) is 0 Å². The molecule has 0 amide bonds. The molecule has 1 aromatic rings. The minimum atomic E-state index is 0.526. The topological polar surface area (TPSA) is 39.9 Å². The summed E-state index contributed by atoms with van der Waals surface area (Å²) in [5.41, 5.74) is 2.76. The molecule has 1 aromatic heterocycles. The average molecular weight is 271 g/mol. The van der Waals surface area contributed by atoms with Crippen LogP contribution in [0, 0.1) is 31.1 Å². The van der Waals surface area contributed by atoms with E-state index < -0.39 is 0 Å². The van der Waals surface area contributed by atoms with E-state index in [0.717, 1.165) is 28.6 Å². The number of pyridine rings is 1. The Morgan fingerprint density at radius 2 is 1.95 bits per heavy atom. The first-order valence-corrected chi connectivity index (χ1v) is 7.68. The molecule has 1 heterocycles. The van der Waals surface area contributed by atoms with Crippen LogP contribution in [0.2, 0.25) is 0 Å². The number of anilines is 1. The van der Waals surface area contributed by atoms with Gasteiger partial charge in [0.15, 0.2) is 0 Å². The summed E-state index contributed by atoms with van der Waals surface area (Å²) in [6.07, 6.45) is 6.33. The number of aromatic nitrogens is 1. The molecule has 0 aliphatic heterocycles. The lowest BCUT2D eigenvalue weighted by molar-refractivity contribution is 0.313. The van der Waals surface area contributed by atoms with Crippen LogP contribution in [0.25, 0.3) is 0 Å². The summed E-state index contributed by atoms with van der Waals surface area (Å²) < 4.78 is 0. The molecule has 0 N–H and O–H groups in total. The van der Waals surface area contributed by atoms with Gasteiger partial charge in [-0.2, -0.15) is 5.26 Å². The van der Waals surface area contributed by atoms with Crippen molar-refractivity contribution in [1.29, 1.82) is 5.26 Å². The summed E-state index contributed by atoms with van der Waals surface area (Å²) in [5, 5.41) is 9.40. The van der Waals surface area contributed by atoms with Crippen LogP contribution in [0.5, 0.6) is 0 Å². The van der Waals surface area contributed by atoms with Crippen molar-refractivity contribution in [1.82, 2.24) is 4.98 Å². The van der Waals surface area contributed by atoms with Crippen LogP contribution in [0.4, 0.5) is 5.82 Å². The smallest absolute Gasteiger partial charge is 0.147 e. The lowest BCUT2D eigenvalue weighted by Gasteiger charge is -2.35. The second-order valence-corrected chi connectivity index (χ2v) is 6.08. The first-order chi connectivity index (χ1) is 9.56. The maximum absolute atomic E-state index is 9.40. The fourth-order valence-corrected chi connectivity index (χ4v) is 3.32. The second kappa shape index (κ2) is 6.26. The summed E-state index contributed by atoms with van der Waals surface area (Å²) in [7, 11) is 2.10. The third-order valence-electron chi connectivity index (χ3n) is 4.71. The van der Waals surface area contributed by atoms with Gasteiger partial charge in [-0.15, -0.1) is 0 Å². The summed E-state index contributed by atoms with van der Waals surface area (Å²) in [5.74, 6) is 1.76. The standard InChI is InChI=1S/C17H25N3/c1-5-14-6-8-15(9-7-14)20(4)17-16(11-18)12(2)10-13(3)19-17/h10,14-15H,5-9H2,1-4H3. The molecule has 3 heteroatoms. The number of nitrogens with zero attached hydrogens (tertiary/aromatic N) is 3. The Hall–Kier alpha value is -1.56. The van der Waals surface area contributed by atoms with Gasteiger partial charge in [0.25, 0.3) is 0 Å². The molecular weight excluding hydrogens is 246 g/mol. The number of nitriles is 1. The first-order valence-electron chi connectivity index (χ1n) is 7.68. The summed E-state index contributed by atoms with van der Waals surface area (Å²) in [4.78, 5) is 6.86. The summed E-state index contributed by atoms with van der Waals surface area (Å²) in [6, 6.07) is 4.84. The molecule has 108 valence electrons. The van der Waals surface area contributed by atoms with Crippen LogP contribution < -0.4 is 4.90 Å². The fraction of sp³-hybridized carbons (Fsp3) is 0.647. The third kappa shape index (κ3) is 2.95. The molecule has 1 fully saturated rings. The Morgan fingerprint density at radius 3 is 2.50 bits per heavy atom. The predicted octanol–water partition coefficient (Wildman–Crippen LogP) is 3.98. The first kappa shape index (κ1) is 14.8. The third-order valence-corrected chi connectivity index (χ3v) is 4.71. The molecule has 1 saturated carbocycles. The van der Waals surface area contributed by atoms with Gasteiger partial charge in [0.1, 0.15) is 11.9 Å². The molecule has 0 atom stereocenters. The summed E-state index contributed by atoms with van der Waals surface area (Å²) in [6.45, 7) is 6.28. The lowest BCUT2D eigenvalue weighted by Crippen LogP contribution is -2.36. The van der Waals surface area contributed by atoms with Gasteiger partial charge in [0, 0.05) is 18.8 Å². The van der Waals surface area contributed by atoms with Crippen molar-refractivity contribution >= 4 is 5.82 Å². The Bertz CT molecular complexity index is 508. The van der Waals surface area contributed by atoms with Crippen molar-refractivity contribution < 1.29 is 0 Å². The zero-order valence-corrected chi connectivity index (χ0v) is 13.1. The van der Waals surface area contributed by atoms with Gasteiger partial charge >= 0.3 is 0 Å². The van der Waals surface area contributed by atoms with Gasteiger partial charge in [-0.25, -0.2) is 4.98 Å². The Balaban J connectivity index is 2.22. The molecule has 1 aliphatic carbocycles. The molecule has 3 nitrogen and oxygen atoms in total. The van der Waals surface area contributed by atoms with Gasteiger partial charge in [-0.05, 0) is 57.1 Å². The Morgan fingerprint density at radius 1 is 1.30 bits per heavy atom. The van der Waals surface area contributed by atoms with Crippen LogP contribution in [-0.2, 0) is 0 Å². The van der Waals surface area contributed by atoms with E-state index in [2.05, 4.69) is 29.9 Å². The minimum absolute atomic E-state index is 0.526. The van der Waals surface area contributed by atoms with E-state index in [1.54, 1.807) is 0 Å². The van der Waals surface area contributed by atoms with Gasteiger partial charge in [0.05, 0.1) is 5.56 Å². The van der Waals surface area contributed by atoms with Crippen molar-refractivity contribution in [3.8, 4) is 6.07 Å². The molecule has 0 spiro atoms. The van der Waals surface area contributed by atoms with Crippen molar-refractivity contribution in [3.05, 3.63) is 22.9 Å². The van der Waals surface area contributed by atoms with Gasteiger partial charge in [0.2, 0.25) is 0 Å². The van der Waals surface area contributed by atoms with E-state index in [1.807, 2.05) is 19.9 Å². The number of rotatable bonds is 3. The van der Waals surface area contributed by atoms with Gasteiger partial charge in [-0.1, -0.05) is 13.3 Å². The maximum atomic E-state index is 9.40. The maximum Gasteiger partial charge on any atom is 0.147 e. The highest BCUT2D eigenvalue weighted by Gasteiger charge is 2.25. The molecule has 0 radical (unpaired) electrons. The van der Waals surface area contributed by atoms with Crippen LogP contribution in [-0.4, -0.2) is 18.1 Å². The van der Waals surface area contributed by atoms with E-state index in [1.165, 1.54) is 32.1 Å². The van der Waals surface area contributed by atoms with Crippen molar-refractivity contribution in [2.24, 2.45) is 5.92 Å². The molecular formula is C17H25N3. The molecule has 1 aliphatic rings. The predicted molar refractivity (Wildman–Crippen MR) is 82.9 cm³/mol. The van der Waals surface area contributed by atoms with Crippen molar-refractivity contribution in [3.63, 3.8) is 0 Å². The van der Waals surface area contributed by atoms with Crippen molar-refractivity contribution in [2.45, 2.75) is 58.9 Å². The van der Waals surface area contributed by atoms with E-state index in [9.17, 15) is 5.26 Å². The van der Waals surface area contributed by atoms with E-state index in [-0.39, 0.29) is 0 Å². The minimum Gasteiger partial charge on any atom is -0.356 e. The van der Waals surface area contributed by atoms with Crippen molar-refractivity contribution in [2.75, 3.05) is 11.9 Å². The monoisotopic (exact) mass is 271 g/mol. The molecule has 0 bridgehead atoms. The van der Waals surface area contributed by atoms with E-state index >= 15 is 0 Å². The van der Waals surface area contributed by atoms with Gasteiger partial charge < -0.3 is 4.90 Å². The van der Waals surface area contributed by atoms with E-state index in [0.29, 0.717) is 6.04 Å². The average Bonchev–Trinajstić information content (AvgIpc) is 2.46. The number of hydrogen-bond donors (Lipinski definition) is 0. The normalized spacial score (nSPS) is 22.4. The molecule has 0 aromatic carbocycles. The fourth-order valence-electron chi connectivity index (χ4n) is 3.32.